The highest BCUT2D eigenvalue weighted by Crippen LogP contribution is 2.32. The average molecular weight is 314 g/mol. The molecule has 1 heterocycles. The van der Waals surface area contributed by atoms with E-state index >= 15 is 0 Å². The molecule has 0 saturated carbocycles. The standard InChI is InChI=1S/C12H13BrFN3O/c1-2-3-17-7-8(6-16-17)18-12-4-9(13)10(14)5-11(12)15/h4-7H,2-3,15H2,1H3. The number of hydrogen-bond acceptors (Lipinski definition) is 3. The van der Waals surface area contributed by atoms with E-state index in [0.717, 1.165) is 13.0 Å². The SMILES string of the molecule is CCCn1cc(Oc2cc(Br)c(F)cc2N)cn1. The van der Waals surface area contributed by atoms with E-state index < -0.39 is 5.82 Å². The Balaban J connectivity index is 2.20. The molecule has 2 rings (SSSR count). The summed E-state index contributed by atoms with van der Waals surface area (Å²) >= 11 is 3.09. The summed E-state index contributed by atoms with van der Waals surface area (Å²) in [4.78, 5) is 0. The van der Waals surface area contributed by atoms with E-state index in [4.69, 9.17) is 10.5 Å². The molecule has 0 unspecified atom stereocenters. The van der Waals surface area contributed by atoms with Crippen LogP contribution in [-0.2, 0) is 6.54 Å². The second-order valence-electron chi connectivity index (χ2n) is 3.85. The minimum Gasteiger partial charge on any atom is -0.452 e. The van der Waals surface area contributed by atoms with Gasteiger partial charge in [0, 0.05) is 18.7 Å². The number of ether oxygens (including phenoxy) is 1. The van der Waals surface area contributed by atoms with Gasteiger partial charge in [0.25, 0.3) is 0 Å². The number of rotatable bonds is 4. The molecule has 0 aliphatic carbocycles. The molecule has 2 aromatic rings. The number of halogens is 2. The van der Waals surface area contributed by atoms with Crippen molar-refractivity contribution in [1.29, 1.82) is 0 Å². The fourth-order valence-electron chi connectivity index (χ4n) is 1.51. The van der Waals surface area contributed by atoms with Crippen molar-refractivity contribution in [1.82, 2.24) is 9.78 Å². The van der Waals surface area contributed by atoms with E-state index in [-0.39, 0.29) is 5.69 Å². The smallest absolute Gasteiger partial charge is 0.165 e. The van der Waals surface area contributed by atoms with Crippen LogP contribution in [0.2, 0.25) is 0 Å². The molecule has 0 fully saturated rings. The molecule has 1 aromatic heterocycles. The largest absolute Gasteiger partial charge is 0.452 e. The first kappa shape index (κ1) is 12.9. The number of nitrogen functional groups attached to an aromatic ring is 1. The molecule has 18 heavy (non-hydrogen) atoms. The van der Waals surface area contributed by atoms with Gasteiger partial charge < -0.3 is 10.5 Å². The third kappa shape index (κ3) is 2.81. The first-order valence-corrected chi connectivity index (χ1v) is 6.34. The van der Waals surface area contributed by atoms with Crippen LogP contribution in [0.1, 0.15) is 13.3 Å². The quantitative estimate of drug-likeness (QED) is 0.878. The van der Waals surface area contributed by atoms with Crippen LogP contribution in [0.25, 0.3) is 0 Å². The molecular weight excluding hydrogens is 301 g/mol. The average Bonchev–Trinajstić information content (AvgIpc) is 2.74. The zero-order valence-electron chi connectivity index (χ0n) is 9.86. The number of anilines is 1. The maximum absolute atomic E-state index is 13.2. The van der Waals surface area contributed by atoms with Crippen molar-refractivity contribution in [3.05, 3.63) is 34.8 Å². The molecule has 0 atom stereocenters. The molecule has 0 spiro atoms. The number of aryl methyl sites for hydroxylation is 1. The highest BCUT2D eigenvalue weighted by Gasteiger charge is 2.09. The Kier molecular flexibility index (Phi) is 3.86. The molecule has 0 aliphatic rings. The van der Waals surface area contributed by atoms with Gasteiger partial charge >= 0.3 is 0 Å². The van der Waals surface area contributed by atoms with E-state index in [0.29, 0.717) is 16.0 Å². The minimum atomic E-state index is -0.415. The number of aromatic nitrogens is 2. The predicted octanol–water partition coefficient (Wildman–Crippen LogP) is 3.57. The van der Waals surface area contributed by atoms with Crippen LogP contribution >= 0.6 is 15.9 Å². The maximum Gasteiger partial charge on any atom is 0.165 e. The van der Waals surface area contributed by atoms with Crippen molar-refractivity contribution in [2.45, 2.75) is 19.9 Å². The molecule has 6 heteroatoms. The molecule has 0 amide bonds. The Hall–Kier alpha value is -1.56. The van der Waals surface area contributed by atoms with Crippen LogP contribution in [-0.4, -0.2) is 9.78 Å². The normalized spacial score (nSPS) is 10.6. The van der Waals surface area contributed by atoms with Gasteiger partial charge in [-0.2, -0.15) is 5.10 Å². The summed E-state index contributed by atoms with van der Waals surface area (Å²) in [7, 11) is 0. The lowest BCUT2D eigenvalue weighted by Gasteiger charge is -2.07. The van der Waals surface area contributed by atoms with Crippen LogP contribution in [0.15, 0.2) is 29.0 Å². The Bertz CT molecular complexity index is 556. The predicted molar refractivity (Wildman–Crippen MR) is 71.1 cm³/mol. The second kappa shape index (κ2) is 5.39. The molecule has 0 bridgehead atoms. The molecule has 0 aliphatic heterocycles. The summed E-state index contributed by atoms with van der Waals surface area (Å²) < 4.78 is 20.9. The van der Waals surface area contributed by atoms with Gasteiger partial charge in [0.1, 0.15) is 5.82 Å². The van der Waals surface area contributed by atoms with Gasteiger partial charge in [0.05, 0.1) is 22.6 Å². The Morgan fingerprint density at radius 1 is 1.50 bits per heavy atom. The summed E-state index contributed by atoms with van der Waals surface area (Å²) in [6.45, 7) is 2.89. The highest BCUT2D eigenvalue weighted by molar-refractivity contribution is 9.10. The Labute approximate surface area is 113 Å². The summed E-state index contributed by atoms with van der Waals surface area (Å²) in [5.41, 5.74) is 5.94. The Morgan fingerprint density at radius 2 is 2.28 bits per heavy atom. The van der Waals surface area contributed by atoms with Crippen LogP contribution in [0, 0.1) is 5.82 Å². The molecule has 96 valence electrons. The van der Waals surface area contributed by atoms with Gasteiger partial charge in [-0.25, -0.2) is 4.39 Å². The van der Waals surface area contributed by atoms with E-state index in [1.54, 1.807) is 17.1 Å². The molecule has 2 N–H and O–H groups in total. The van der Waals surface area contributed by atoms with E-state index in [1.807, 2.05) is 0 Å². The fourth-order valence-corrected chi connectivity index (χ4v) is 1.83. The van der Waals surface area contributed by atoms with E-state index in [2.05, 4.69) is 28.0 Å². The zero-order valence-corrected chi connectivity index (χ0v) is 11.4. The Morgan fingerprint density at radius 3 is 3.00 bits per heavy atom. The summed E-state index contributed by atoms with van der Waals surface area (Å²) in [5.74, 6) is 0.564. The lowest BCUT2D eigenvalue weighted by atomic mass is 10.3. The lowest BCUT2D eigenvalue weighted by Crippen LogP contribution is -1.96. The van der Waals surface area contributed by atoms with Gasteiger partial charge in [-0.1, -0.05) is 6.92 Å². The van der Waals surface area contributed by atoms with Crippen LogP contribution < -0.4 is 10.5 Å². The molecular formula is C12H13BrFN3O. The fraction of sp³-hybridized carbons (Fsp3) is 0.250. The first-order valence-electron chi connectivity index (χ1n) is 5.55. The number of nitrogens with two attached hydrogens (primary N) is 1. The van der Waals surface area contributed by atoms with Crippen molar-refractivity contribution < 1.29 is 9.13 Å². The minimum absolute atomic E-state index is 0.249. The van der Waals surface area contributed by atoms with E-state index in [9.17, 15) is 4.39 Å². The first-order chi connectivity index (χ1) is 8.60. The summed E-state index contributed by atoms with van der Waals surface area (Å²) in [6, 6.07) is 2.72. The van der Waals surface area contributed by atoms with Gasteiger partial charge in [0.15, 0.2) is 11.5 Å². The molecule has 4 nitrogen and oxygen atoms in total. The van der Waals surface area contributed by atoms with E-state index in [1.165, 1.54) is 12.1 Å². The second-order valence-corrected chi connectivity index (χ2v) is 4.70. The van der Waals surface area contributed by atoms with Crippen LogP contribution in [0.5, 0.6) is 11.5 Å². The third-order valence-corrected chi connectivity index (χ3v) is 2.95. The van der Waals surface area contributed by atoms with Crippen molar-refractivity contribution in [3.63, 3.8) is 0 Å². The van der Waals surface area contributed by atoms with Crippen molar-refractivity contribution in [2.24, 2.45) is 0 Å². The van der Waals surface area contributed by atoms with Crippen molar-refractivity contribution >= 4 is 21.6 Å². The van der Waals surface area contributed by atoms with Gasteiger partial charge in [-0.05, 0) is 22.4 Å². The molecule has 0 saturated heterocycles. The third-order valence-electron chi connectivity index (χ3n) is 2.34. The van der Waals surface area contributed by atoms with Gasteiger partial charge in [-0.3, -0.25) is 4.68 Å². The van der Waals surface area contributed by atoms with Gasteiger partial charge in [0.2, 0.25) is 0 Å². The monoisotopic (exact) mass is 313 g/mol. The summed E-state index contributed by atoms with van der Waals surface area (Å²) in [6.07, 6.45) is 4.37. The molecule has 1 aromatic carbocycles. The van der Waals surface area contributed by atoms with Crippen LogP contribution in [0.4, 0.5) is 10.1 Å². The maximum atomic E-state index is 13.2. The number of hydrogen-bond donors (Lipinski definition) is 1. The number of nitrogens with zero attached hydrogens (tertiary/aromatic N) is 2. The van der Waals surface area contributed by atoms with Gasteiger partial charge in [-0.15, -0.1) is 0 Å². The van der Waals surface area contributed by atoms with Crippen molar-refractivity contribution in [2.75, 3.05) is 5.73 Å². The topological polar surface area (TPSA) is 53.1 Å². The highest BCUT2D eigenvalue weighted by atomic mass is 79.9. The number of benzene rings is 1. The van der Waals surface area contributed by atoms with Crippen molar-refractivity contribution in [3.8, 4) is 11.5 Å². The lowest BCUT2D eigenvalue weighted by molar-refractivity contribution is 0.480. The summed E-state index contributed by atoms with van der Waals surface area (Å²) in [5, 5.41) is 4.14. The van der Waals surface area contributed by atoms with Crippen LogP contribution in [0.3, 0.4) is 0 Å². The molecule has 0 radical (unpaired) electrons. The zero-order chi connectivity index (χ0) is 13.1.